The van der Waals surface area contributed by atoms with E-state index in [9.17, 15) is 14.7 Å². The Bertz CT molecular complexity index is 1020. The molecule has 9 nitrogen and oxygen atoms in total. The number of ether oxygens (including phenoxy) is 4. The van der Waals surface area contributed by atoms with Crippen molar-refractivity contribution >= 4 is 17.5 Å². The van der Waals surface area contributed by atoms with Crippen molar-refractivity contribution in [3.05, 3.63) is 53.1 Å². The zero-order valence-corrected chi connectivity index (χ0v) is 18.3. The van der Waals surface area contributed by atoms with Gasteiger partial charge in [-0.1, -0.05) is 12.1 Å². The lowest BCUT2D eigenvalue weighted by Crippen LogP contribution is -2.43. The van der Waals surface area contributed by atoms with Gasteiger partial charge in [0.25, 0.3) is 11.8 Å². The number of rotatable bonds is 7. The summed E-state index contributed by atoms with van der Waals surface area (Å²) in [6.45, 7) is 1.68. The first-order chi connectivity index (χ1) is 15.4. The molecule has 0 aliphatic carbocycles. The van der Waals surface area contributed by atoms with Gasteiger partial charge in [-0.25, -0.2) is 0 Å². The number of benzene rings is 2. The number of nitrogens with zero attached hydrogens (tertiary/aromatic N) is 2. The van der Waals surface area contributed by atoms with E-state index in [1.807, 2.05) is 0 Å². The maximum atomic E-state index is 13.1. The highest BCUT2D eigenvalue weighted by Gasteiger charge is 2.50. The van der Waals surface area contributed by atoms with Crippen LogP contribution in [0.5, 0.6) is 11.5 Å². The first-order valence-corrected chi connectivity index (χ1v) is 10.2. The normalized spacial score (nSPS) is 20.5. The summed E-state index contributed by atoms with van der Waals surface area (Å²) < 4.78 is 21.4. The number of hydrogen-bond acceptors (Lipinski definition) is 7. The van der Waals surface area contributed by atoms with Crippen molar-refractivity contribution in [2.45, 2.75) is 5.72 Å². The molecule has 2 heterocycles. The smallest absolute Gasteiger partial charge is 0.257 e. The van der Waals surface area contributed by atoms with E-state index < -0.39 is 5.72 Å². The Labute approximate surface area is 186 Å². The zero-order valence-electron chi connectivity index (χ0n) is 18.3. The van der Waals surface area contributed by atoms with Crippen LogP contribution in [0.4, 0.5) is 5.69 Å². The van der Waals surface area contributed by atoms with Crippen LogP contribution in [0.15, 0.2) is 36.4 Å². The number of morpholine rings is 1. The predicted molar refractivity (Wildman–Crippen MR) is 115 cm³/mol. The average Bonchev–Trinajstić information content (AvgIpc) is 3.01. The van der Waals surface area contributed by atoms with Crippen molar-refractivity contribution in [3.8, 4) is 11.5 Å². The Morgan fingerprint density at radius 1 is 1.12 bits per heavy atom. The summed E-state index contributed by atoms with van der Waals surface area (Å²) in [7, 11) is 4.59. The number of amides is 2. The van der Waals surface area contributed by atoms with E-state index in [0.717, 1.165) is 0 Å². The fourth-order valence-electron chi connectivity index (χ4n) is 4.10. The molecule has 2 aromatic carbocycles. The van der Waals surface area contributed by atoms with Gasteiger partial charge in [-0.15, -0.1) is 0 Å². The standard InChI is InChI=1S/C23H26N2O7/c1-24-22(27)18-12-17(32-11-10-29-2)13-19(30-3)21(18)23(24,28)15-4-6-16(7-5-15)25-8-9-31-14-20(25)26/h4-7,12-13,28H,8-11,14H2,1-3H3. The van der Waals surface area contributed by atoms with Gasteiger partial charge in [-0.05, 0) is 18.2 Å². The second-order valence-corrected chi connectivity index (χ2v) is 7.57. The molecule has 1 unspecified atom stereocenters. The van der Waals surface area contributed by atoms with Crippen molar-refractivity contribution in [1.82, 2.24) is 4.90 Å². The maximum Gasteiger partial charge on any atom is 0.257 e. The topological polar surface area (TPSA) is 97.8 Å². The number of anilines is 1. The third-order valence-corrected chi connectivity index (χ3v) is 5.79. The molecule has 0 aromatic heterocycles. The van der Waals surface area contributed by atoms with Crippen LogP contribution in [0.2, 0.25) is 0 Å². The maximum absolute atomic E-state index is 13.1. The van der Waals surface area contributed by atoms with Crippen molar-refractivity contribution < 1.29 is 33.6 Å². The number of aliphatic hydroxyl groups is 1. The number of hydrogen-bond donors (Lipinski definition) is 1. The molecule has 4 rings (SSSR count). The molecule has 2 aliphatic heterocycles. The van der Waals surface area contributed by atoms with Crippen molar-refractivity contribution in [2.75, 3.05) is 59.1 Å². The fraction of sp³-hybridized carbons (Fsp3) is 0.391. The lowest BCUT2D eigenvalue weighted by atomic mass is 9.92. The van der Waals surface area contributed by atoms with Gasteiger partial charge in [0.05, 0.1) is 31.5 Å². The van der Waals surface area contributed by atoms with E-state index in [1.54, 1.807) is 48.4 Å². The van der Waals surface area contributed by atoms with Gasteiger partial charge in [0, 0.05) is 38.0 Å². The van der Waals surface area contributed by atoms with Gasteiger partial charge in [0.15, 0.2) is 5.72 Å². The lowest BCUT2D eigenvalue weighted by molar-refractivity contribution is -0.125. The van der Waals surface area contributed by atoms with E-state index in [2.05, 4.69) is 0 Å². The Morgan fingerprint density at radius 3 is 2.53 bits per heavy atom. The molecule has 1 atom stereocenters. The largest absolute Gasteiger partial charge is 0.496 e. The van der Waals surface area contributed by atoms with E-state index in [1.165, 1.54) is 19.1 Å². The van der Waals surface area contributed by atoms with E-state index in [4.69, 9.17) is 18.9 Å². The Hall–Kier alpha value is -3.14. The van der Waals surface area contributed by atoms with Gasteiger partial charge in [0.1, 0.15) is 24.7 Å². The molecule has 2 aliphatic rings. The minimum atomic E-state index is -1.74. The van der Waals surface area contributed by atoms with Gasteiger partial charge in [-0.3, -0.25) is 9.59 Å². The van der Waals surface area contributed by atoms with Crippen LogP contribution in [0, 0.1) is 0 Å². The molecule has 9 heteroatoms. The van der Waals surface area contributed by atoms with E-state index in [-0.39, 0.29) is 18.4 Å². The second kappa shape index (κ2) is 8.78. The molecule has 0 bridgehead atoms. The third kappa shape index (κ3) is 3.58. The van der Waals surface area contributed by atoms with Crippen LogP contribution in [0.3, 0.4) is 0 Å². The summed E-state index contributed by atoms with van der Waals surface area (Å²) in [5.74, 6) is 0.307. The molecular weight excluding hydrogens is 416 g/mol. The summed E-state index contributed by atoms with van der Waals surface area (Å²) >= 11 is 0. The molecule has 1 N–H and O–H groups in total. The molecule has 1 fully saturated rings. The number of carbonyl (C=O) groups is 2. The van der Waals surface area contributed by atoms with Crippen LogP contribution < -0.4 is 14.4 Å². The van der Waals surface area contributed by atoms with Crippen molar-refractivity contribution in [1.29, 1.82) is 0 Å². The summed E-state index contributed by atoms with van der Waals surface area (Å²) in [5.41, 5.74) is 0.0849. The number of fused-ring (bicyclic) bond motifs is 1. The Kier molecular flexibility index (Phi) is 6.05. The third-order valence-electron chi connectivity index (χ3n) is 5.79. The molecule has 170 valence electrons. The Morgan fingerprint density at radius 2 is 1.88 bits per heavy atom. The van der Waals surface area contributed by atoms with Gasteiger partial charge < -0.3 is 33.9 Å². The molecule has 0 radical (unpaired) electrons. The number of methoxy groups -OCH3 is 2. The van der Waals surface area contributed by atoms with Gasteiger partial charge in [-0.2, -0.15) is 0 Å². The van der Waals surface area contributed by atoms with Crippen LogP contribution >= 0.6 is 0 Å². The predicted octanol–water partition coefficient (Wildman–Crippen LogP) is 1.36. The highest BCUT2D eigenvalue weighted by molar-refractivity contribution is 6.01. The fourth-order valence-corrected chi connectivity index (χ4v) is 4.10. The molecule has 1 saturated heterocycles. The first kappa shape index (κ1) is 22.1. The van der Waals surface area contributed by atoms with Gasteiger partial charge >= 0.3 is 0 Å². The monoisotopic (exact) mass is 442 g/mol. The minimum Gasteiger partial charge on any atom is -0.496 e. The molecule has 32 heavy (non-hydrogen) atoms. The van der Waals surface area contributed by atoms with Crippen LogP contribution in [-0.4, -0.2) is 76.1 Å². The van der Waals surface area contributed by atoms with E-state index >= 15 is 0 Å². The average molecular weight is 442 g/mol. The van der Waals surface area contributed by atoms with E-state index in [0.29, 0.717) is 60.2 Å². The molecular formula is C23H26N2O7. The van der Waals surface area contributed by atoms with Crippen LogP contribution in [-0.2, 0) is 20.0 Å². The summed E-state index contributed by atoms with van der Waals surface area (Å²) in [5, 5.41) is 11.8. The summed E-state index contributed by atoms with van der Waals surface area (Å²) in [6.07, 6.45) is 0. The molecule has 2 aromatic rings. The van der Waals surface area contributed by atoms with Crippen molar-refractivity contribution in [3.63, 3.8) is 0 Å². The zero-order chi connectivity index (χ0) is 22.9. The quantitative estimate of drug-likeness (QED) is 0.647. The summed E-state index contributed by atoms with van der Waals surface area (Å²) in [4.78, 5) is 28.1. The first-order valence-electron chi connectivity index (χ1n) is 10.2. The summed E-state index contributed by atoms with van der Waals surface area (Å²) in [6, 6.07) is 10.2. The lowest BCUT2D eigenvalue weighted by Gasteiger charge is -2.33. The SMILES string of the molecule is COCCOc1cc(OC)c2c(c1)C(=O)N(C)C2(O)c1ccc(N2CCOCC2=O)cc1. The minimum absolute atomic E-state index is 0.0439. The molecule has 0 saturated carbocycles. The van der Waals surface area contributed by atoms with Crippen LogP contribution in [0.1, 0.15) is 21.5 Å². The molecule has 2 amide bonds. The Balaban J connectivity index is 1.72. The highest BCUT2D eigenvalue weighted by atomic mass is 16.5. The van der Waals surface area contributed by atoms with Crippen LogP contribution in [0.25, 0.3) is 0 Å². The molecule has 0 spiro atoms. The van der Waals surface area contributed by atoms with Crippen molar-refractivity contribution in [2.24, 2.45) is 0 Å². The van der Waals surface area contributed by atoms with Gasteiger partial charge in [0.2, 0.25) is 0 Å². The highest BCUT2D eigenvalue weighted by Crippen LogP contribution is 2.47. The number of carbonyl (C=O) groups excluding carboxylic acids is 2. The second-order valence-electron chi connectivity index (χ2n) is 7.57.